The number of nitrogens with zero attached hydrogens (tertiary/aromatic N) is 1. The average Bonchev–Trinajstić information content (AvgIpc) is 3.19. The van der Waals surface area contributed by atoms with Crippen LogP contribution in [-0.2, 0) is 5.88 Å². The molecule has 2 aromatic rings. The Labute approximate surface area is 122 Å². The van der Waals surface area contributed by atoms with Crippen molar-refractivity contribution < 1.29 is 13.9 Å². The Morgan fingerprint density at radius 2 is 2.20 bits per heavy atom. The van der Waals surface area contributed by atoms with Crippen molar-refractivity contribution in [2.75, 3.05) is 13.7 Å². The van der Waals surface area contributed by atoms with Gasteiger partial charge in [0.25, 0.3) is 0 Å². The number of benzene rings is 1. The van der Waals surface area contributed by atoms with Crippen LogP contribution in [0.25, 0.3) is 11.5 Å². The molecular formula is C15H16ClNO3. The average molecular weight is 294 g/mol. The van der Waals surface area contributed by atoms with E-state index in [1.54, 1.807) is 13.4 Å². The SMILES string of the molecule is COc1ccc(-c2nc(CCl)co2)cc1OCC1CC1. The van der Waals surface area contributed by atoms with Gasteiger partial charge in [0.15, 0.2) is 11.5 Å². The molecule has 0 N–H and O–H groups in total. The first-order valence-electron chi connectivity index (χ1n) is 6.61. The van der Waals surface area contributed by atoms with Crippen molar-refractivity contribution in [1.82, 2.24) is 4.98 Å². The highest BCUT2D eigenvalue weighted by atomic mass is 35.5. The maximum absolute atomic E-state index is 5.83. The molecule has 1 fully saturated rings. The van der Waals surface area contributed by atoms with Crippen LogP contribution in [0.2, 0.25) is 0 Å². The molecule has 0 amide bonds. The zero-order valence-electron chi connectivity index (χ0n) is 11.3. The maximum Gasteiger partial charge on any atom is 0.226 e. The Balaban J connectivity index is 1.84. The Morgan fingerprint density at radius 3 is 2.85 bits per heavy atom. The van der Waals surface area contributed by atoms with E-state index >= 15 is 0 Å². The van der Waals surface area contributed by atoms with Gasteiger partial charge in [-0.15, -0.1) is 11.6 Å². The number of oxazole rings is 1. The van der Waals surface area contributed by atoms with Gasteiger partial charge in [0.2, 0.25) is 5.89 Å². The maximum atomic E-state index is 5.83. The molecule has 1 saturated carbocycles. The molecule has 0 saturated heterocycles. The van der Waals surface area contributed by atoms with Crippen molar-refractivity contribution in [2.45, 2.75) is 18.7 Å². The highest BCUT2D eigenvalue weighted by Crippen LogP contribution is 2.35. The summed E-state index contributed by atoms with van der Waals surface area (Å²) in [6, 6.07) is 5.65. The number of aromatic nitrogens is 1. The van der Waals surface area contributed by atoms with Gasteiger partial charge in [-0.2, -0.15) is 0 Å². The third-order valence-corrected chi connectivity index (χ3v) is 3.54. The first-order chi connectivity index (χ1) is 9.80. The predicted octanol–water partition coefficient (Wildman–Crippen LogP) is 3.88. The van der Waals surface area contributed by atoms with E-state index in [-0.39, 0.29) is 0 Å². The third-order valence-electron chi connectivity index (χ3n) is 3.27. The lowest BCUT2D eigenvalue weighted by Crippen LogP contribution is -2.01. The summed E-state index contributed by atoms with van der Waals surface area (Å²) in [7, 11) is 1.63. The zero-order valence-corrected chi connectivity index (χ0v) is 12.0. The van der Waals surface area contributed by atoms with Crippen molar-refractivity contribution >= 4 is 11.6 Å². The van der Waals surface area contributed by atoms with Crippen LogP contribution in [-0.4, -0.2) is 18.7 Å². The number of hydrogen-bond donors (Lipinski definition) is 0. The lowest BCUT2D eigenvalue weighted by molar-refractivity contribution is 0.280. The van der Waals surface area contributed by atoms with Crippen LogP contribution >= 0.6 is 11.6 Å². The fourth-order valence-corrected chi connectivity index (χ4v) is 2.04. The number of ether oxygens (including phenoxy) is 2. The second kappa shape index (κ2) is 5.75. The van der Waals surface area contributed by atoms with Crippen LogP contribution in [0, 0.1) is 5.92 Å². The van der Waals surface area contributed by atoms with Gasteiger partial charge in [-0.1, -0.05) is 0 Å². The van der Waals surface area contributed by atoms with E-state index in [0.29, 0.717) is 17.7 Å². The molecule has 1 aliphatic rings. The molecule has 20 heavy (non-hydrogen) atoms. The smallest absolute Gasteiger partial charge is 0.226 e. The molecule has 3 rings (SSSR count). The molecule has 0 aliphatic heterocycles. The van der Waals surface area contributed by atoms with Crippen molar-refractivity contribution in [3.8, 4) is 23.0 Å². The van der Waals surface area contributed by atoms with Crippen LogP contribution in [0.1, 0.15) is 18.5 Å². The van der Waals surface area contributed by atoms with Gasteiger partial charge >= 0.3 is 0 Å². The summed E-state index contributed by atoms with van der Waals surface area (Å²) in [4.78, 5) is 4.31. The van der Waals surface area contributed by atoms with Crippen LogP contribution < -0.4 is 9.47 Å². The number of rotatable bonds is 6. The number of halogens is 1. The first-order valence-corrected chi connectivity index (χ1v) is 7.15. The second-order valence-corrected chi connectivity index (χ2v) is 5.16. The minimum atomic E-state index is 0.338. The molecular weight excluding hydrogens is 278 g/mol. The lowest BCUT2D eigenvalue weighted by atomic mass is 10.2. The van der Waals surface area contributed by atoms with Crippen molar-refractivity contribution in [2.24, 2.45) is 5.92 Å². The standard InChI is InChI=1S/C15H16ClNO3/c1-18-13-5-4-11(15-17-12(7-16)9-20-15)6-14(13)19-8-10-2-3-10/h4-6,9-10H,2-3,7-8H2,1H3. The molecule has 1 aromatic carbocycles. The Morgan fingerprint density at radius 1 is 1.35 bits per heavy atom. The summed E-state index contributed by atoms with van der Waals surface area (Å²) in [5.41, 5.74) is 1.57. The van der Waals surface area contributed by atoms with Gasteiger partial charge in [-0.05, 0) is 37.0 Å². The Bertz CT molecular complexity index is 593. The normalized spacial score (nSPS) is 14.3. The van der Waals surface area contributed by atoms with Gasteiger partial charge in [-0.25, -0.2) is 4.98 Å². The minimum Gasteiger partial charge on any atom is -0.493 e. The summed E-state index contributed by atoms with van der Waals surface area (Å²) >= 11 is 5.73. The van der Waals surface area contributed by atoms with E-state index in [4.69, 9.17) is 25.5 Å². The molecule has 1 aliphatic carbocycles. The van der Waals surface area contributed by atoms with Crippen LogP contribution in [0.4, 0.5) is 0 Å². The van der Waals surface area contributed by atoms with Gasteiger partial charge in [0.05, 0.1) is 25.3 Å². The second-order valence-electron chi connectivity index (χ2n) is 4.90. The molecule has 1 heterocycles. The minimum absolute atomic E-state index is 0.338. The molecule has 0 spiro atoms. The summed E-state index contributed by atoms with van der Waals surface area (Å²) in [5.74, 6) is 3.01. The van der Waals surface area contributed by atoms with E-state index in [1.165, 1.54) is 12.8 Å². The van der Waals surface area contributed by atoms with E-state index in [1.807, 2.05) is 18.2 Å². The predicted molar refractivity (Wildman–Crippen MR) is 76.3 cm³/mol. The topological polar surface area (TPSA) is 44.5 Å². The monoisotopic (exact) mass is 293 g/mol. The van der Waals surface area contributed by atoms with Gasteiger partial charge in [0, 0.05) is 5.56 Å². The number of alkyl halides is 1. The first kappa shape index (κ1) is 13.3. The van der Waals surface area contributed by atoms with Gasteiger partial charge in [-0.3, -0.25) is 0 Å². The molecule has 4 nitrogen and oxygen atoms in total. The summed E-state index contributed by atoms with van der Waals surface area (Å²) in [6.07, 6.45) is 4.07. The van der Waals surface area contributed by atoms with E-state index in [9.17, 15) is 0 Å². The molecule has 0 unspecified atom stereocenters. The highest BCUT2D eigenvalue weighted by molar-refractivity contribution is 6.16. The zero-order chi connectivity index (χ0) is 13.9. The quantitative estimate of drug-likeness (QED) is 0.758. The molecule has 5 heteroatoms. The van der Waals surface area contributed by atoms with Crippen molar-refractivity contribution in [3.63, 3.8) is 0 Å². The van der Waals surface area contributed by atoms with Crippen LogP contribution in [0.3, 0.4) is 0 Å². The molecule has 0 atom stereocenters. The number of hydrogen-bond acceptors (Lipinski definition) is 4. The summed E-state index contributed by atoms with van der Waals surface area (Å²) in [5, 5.41) is 0. The van der Waals surface area contributed by atoms with Gasteiger partial charge in [0.1, 0.15) is 6.26 Å². The van der Waals surface area contributed by atoms with Crippen LogP contribution in [0.5, 0.6) is 11.5 Å². The Hall–Kier alpha value is -1.68. The fourth-order valence-electron chi connectivity index (χ4n) is 1.92. The van der Waals surface area contributed by atoms with Crippen LogP contribution in [0.15, 0.2) is 28.9 Å². The van der Waals surface area contributed by atoms with E-state index in [0.717, 1.165) is 29.4 Å². The van der Waals surface area contributed by atoms with E-state index in [2.05, 4.69) is 4.98 Å². The molecule has 0 radical (unpaired) electrons. The van der Waals surface area contributed by atoms with Crippen molar-refractivity contribution in [1.29, 1.82) is 0 Å². The lowest BCUT2D eigenvalue weighted by Gasteiger charge is -2.11. The fraction of sp³-hybridized carbons (Fsp3) is 0.400. The largest absolute Gasteiger partial charge is 0.493 e. The summed E-state index contributed by atoms with van der Waals surface area (Å²) < 4.78 is 16.6. The molecule has 1 aromatic heterocycles. The Kier molecular flexibility index (Phi) is 3.83. The summed E-state index contributed by atoms with van der Waals surface area (Å²) in [6.45, 7) is 0.734. The molecule has 106 valence electrons. The molecule has 0 bridgehead atoms. The van der Waals surface area contributed by atoms with Crippen molar-refractivity contribution in [3.05, 3.63) is 30.2 Å². The van der Waals surface area contributed by atoms with Gasteiger partial charge < -0.3 is 13.9 Å². The van der Waals surface area contributed by atoms with E-state index < -0.39 is 0 Å². The number of methoxy groups -OCH3 is 1. The third kappa shape index (κ3) is 2.90. The highest BCUT2D eigenvalue weighted by Gasteiger charge is 2.22.